The summed E-state index contributed by atoms with van der Waals surface area (Å²) in [5, 5.41) is 0. The summed E-state index contributed by atoms with van der Waals surface area (Å²) in [5.41, 5.74) is 7.70. The number of piperidine rings is 1. The maximum Gasteiger partial charge on any atom is 0.240 e. The summed E-state index contributed by atoms with van der Waals surface area (Å²) < 4.78 is 26.1. The highest BCUT2D eigenvalue weighted by molar-refractivity contribution is 7.89. The molecule has 0 radical (unpaired) electrons. The number of rotatable bonds is 3. The summed E-state index contributed by atoms with van der Waals surface area (Å²) in [6, 6.07) is 4.88. The predicted octanol–water partition coefficient (Wildman–Crippen LogP) is 1.80. The molecular weight excluding hydrogens is 274 g/mol. The summed E-state index contributed by atoms with van der Waals surface area (Å²) in [6.07, 6.45) is 2.27. The van der Waals surface area contributed by atoms with Crippen LogP contribution in [0.4, 0.5) is 11.4 Å². The first-order valence-corrected chi connectivity index (χ1v) is 8.31. The fourth-order valence-corrected chi connectivity index (χ4v) is 3.46. The molecule has 0 unspecified atom stereocenters. The molecule has 0 aromatic heterocycles. The molecule has 0 amide bonds. The second kappa shape index (κ2) is 5.26. The third-order valence-corrected chi connectivity index (χ3v) is 5.23. The van der Waals surface area contributed by atoms with Gasteiger partial charge in [0, 0.05) is 13.1 Å². The number of nitrogens with one attached hydrogen (secondary N) is 1. The SMILES string of the molecule is CNS(=O)(=O)c1ccc(N)c(N2CCCC(C)(C)C2)c1. The highest BCUT2D eigenvalue weighted by Gasteiger charge is 2.28. The largest absolute Gasteiger partial charge is 0.397 e. The topological polar surface area (TPSA) is 75.4 Å². The van der Waals surface area contributed by atoms with Crippen LogP contribution < -0.4 is 15.4 Å². The van der Waals surface area contributed by atoms with Crippen molar-refractivity contribution in [2.45, 2.75) is 31.6 Å². The van der Waals surface area contributed by atoms with Crippen molar-refractivity contribution in [1.29, 1.82) is 0 Å². The van der Waals surface area contributed by atoms with E-state index in [0.717, 1.165) is 25.2 Å². The van der Waals surface area contributed by atoms with Crippen molar-refractivity contribution in [2.24, 2.45) is 5.41 Å². The first-order valence-electron chi connectivity index (χ1n) is 6.83. The number of sulfonamides is 1. The van der Waals surface area contributed by atoms with Crippen molar-refractivity contribution in [2.75, 3.05) is 30.8 Å². The summed E-state index contributed by atoms with van der Waals surface area (Å²) in [5.74, 6) is 0. The second-order valence-electron chi connectivity index (χ2n) is 6.12. The normalized spacial score (nSPS) is 19.1. The molecule has 1 saturated heterocycles. The monoisotopic (exact) mass is 297 g/mol. The number of nitrogen functional groups attached to an aromatic ring is 1. The minimum absolute atomic E-state index is 0.225. The molecule has 2 rings (SSSR count). The van der Waals surface area contributed by atoms with Crippen molar-refractivity contribution in [1.82, 2.24) is 4.72 Å². The van der Waals surface area contributed by atoms with Crippen LogP contribution in [0.15, 0.2) is 23.1 Å². The zero-order chi connectivity index (χ0) is 15.0. The zero-order valence-corrected chi connectivity index (χ0v) is 13.1. The molecular formula is C14H23N3O2S. The molecule has 1 fully saturated rings. The van der Waals surface area contributed by atoms with E-state index >= 15 is 0 Å². The summed E-state index contributed by atoms with van der Waals surface area (Å²) >= 11 is 0. The first kappa shape index (κ1) is 15.1. The Morgan fingerprint density at radius 1 is 1.35 bits per heavy atom. The molecule has 0 saturated carbocycles. The molecule has 1 aliphatic heterocycles. The van der Waals surface area contributed by atoms with E-state index in [2.05, 4.69) is 23.5 Å². The van der Waals surface area contributed by atoms with Crippen LogP contribution in [-0.4, -0.2) is 28.6 Å². The molecule has 1 aromatic rings. The van der Waals surface area contributed by atoms with Crippen LogP contribution in [0.1, 0.15) is 26.7 Å². The standard InChI is InChI=1S/C14H23N3O2S/c1-14(2)7-4-8-17(10-14)13-9-11(5-6-12(13)15)20(18,19)16-3/h5-6,9,16H,4,7-8,10,15H2,1-3H3. The van der Waals surface area contributed by atoms with Gasteiger partial charge in [-0.1, -0.05) is 13.8 Å². The Morgan fingerprint density at radius 2 is 2.05 bits per heavy atom. The average molecular weight is 297 g/mol. The lowest BCUT2D eigenvalue weighted by Crippen LogP contribution is -2.40. The summed E-state index contributed by atoms with van der Waals surface area (Å²) in [6.45, 7) is 6.25. The van der Waals surface area contributed by atoms with E-state index in [-0.39, 0.29) is 10.3 Å². The van der Waals surface area contributed by atoms with Gasteiger partial charge in [0.15, 0.2) is 0 Å². The van der Waals surface area contributed by atoms with E-state index in [1.165, 1.54) is 13.5 Å². The number of nitrogens with zero attached hydrogens (tertiary/aromatic N) is 1. The number of hydrogen-bond acceptors (Lipinski definition) is 4. The molecule has 5 nitrogen and oxygen atoms in total. The molecule has 0 atom stereocenters. The molecule has 3 N–H and O–H groups in total. The molecule has 1 aliphatic rings. The lowest BCUT2D eigenvalue weighted by molar-refractivity contribution is 0.293. The van der Waals surface area contributed by atoms with Gasteiger partial charge < -0.3 is 10.6 Å². The molecule has 20 heavy (non-hydrogen) atoms. The van der Waals surface area contributed by atoms with Crippen molar-refractivity contribution in [3.05, 3.63) is 18.2 Å². The van der Waals surface area contributed by atoms with E-state index < -0.39 is 10.0 Å². The van der Waals surface area contributed by atoms with Crippen molar-refractivity contribution < 1.29 is 8.42 Å². The van der Waals surface area contributed by atoms with Crippen LogP contribution in [0.5, 0.6) is 0 Å². The van der Waals surface area contributed by atoms with Gasteiger partial charge in [-0.25, -0.2) is 13.1 Å². The van der Waals surface area contributed by atoms with Crippen molar-refractivity contribution in [3.63, 3.8) is 0 Å². The lowest BCUT2D eigenvalue weighted by atomic mass is 9.84. The van der Waals surface area contributed by atoms with Gasteiger partial charge in [-0.05, 0) is 43.5 Å². The molecule has 0 aliphatic carbocycles. The van der Waals surface area contributed by atoms with Crippen molar-refractivity contribution >= 4 is 21.4 Å². The second-order valence-corrected chi connectivity index (χ2v) is 8.00. The van der Waals surface area contributed by atoms with E-state index in [0.29, 0.717) is 5.69 Å². The molecule has 0 spiro atoms. The fourth-order valence-electron chi connectivity index (χ4n) is 2.71. The van der Waals surface area contributed by atoms with Gasteiger partial charge in [-0.3, -0.25) is 0 Å². The van der Waals surface area contributed by atoms with E-state index in [4.69, 9.17) is 5.73 Å². The Hall–Kier alpha value is -1.27. The molecule has 112 valence electrons. The highest BCUT2D eigenvalue weighted by atomic mass is 32.2. The maximum absolute atomic E-state index is 11.9. The summed E-state index contributed by atoms with van der Waals surface area (Å²) in [4.78, 5) is 2.45. The van der Waals surface area contributed by atoms with Crippen LogP contribution in [0, 0.1) is 5.41 Å². The van der Waals surface area contributed by atoms with E-state index in [1.807, 2.05) is 0 Å². The Morgan fingerprint density at radius 3 is 2.65 bits per heavy atom. The quantitative estimate of drug-likeness (QED) is 0.834. The minimum atomic E-state index is -3.44. The van der Waals surface area contributed by atoms with Gasteiger partial charge in [0.25, 0.3) is 0 Å². The maximum atomic E-state index is 11.9. The number of hydrogen-bond donors (Lipinski definition) is 2. The third kappa shape index (κ3) is 3.07. The van der Waals surface area contributed by atoms with Crippen LogP contribution in [0.2, 0.25) is 0 Å². The van der Waals surface area contributed by atoms with Gasteiger partial charge in [0.2, 0.25) is 10.0 Å². The van der Waals surface area contributed by atoms with Crippen molar-refractivity contribution in [3.8, 4) is 0 Å². The number of benzene rings is 1. The average Bonchev–Trinajstić information content (AvgIpc) is 2.37. The van der Waals surface area contributed by atoms with Gasteiger partial charge >= 0.3 is 0 Å². The van der Waals surface area contributed by atoms with Gasteiger partial charge in [0.1, 0.15) is 0 Å². The Kier molecular flexibility index (Phi) is 3.97. The van der Waals surface area contributed by atoms with E-state index in [1.54, 1.807) is 18.2 Å². The Balaban J connectivity index is 2.39. The minimum Gasteiger partial charge on any atom is -0.397 e. The number of anilines is 2. The third-order valence-electron chi connectivity index (χ3n) is 3.82. The molecule has 1 heterocycles. The van der Waals surface area contributed by atoms with Crippen LogP contribution in [0.3, 0.4) is 0 Å². The fraction of sp³-hybridized carbons (Fsp3) is 0.571. The van der Waals surface area contributed by atoms with E-state index in [9.17, 15) is 8.42 Å². The Labute approximate surface area is 121 Å². The molecule has 1 aromatic carbocycles. The summed E-state index contributed by atoms with van der Waals surface area (Å²) in [7, 11) is -2.03. The predicted molar refractivity (Wildman–Crippen MR) is 82.3 cm³/mol. The molecule has 6 heteroatoms. The van der Waals surface area contributed by atoms with Crippen LogP contribution >= 0.6 is 0 Å². The molecule has 0 bridgehead atoms. The number of nitrogens with two attached hydrogens (primary N) is 1. The van der Waals surface area contributed by atoms with Crippen LogP contribution in [-0.2, 0) is 10.0 Å². The van der Waals surface area contributed by atoms with Crippen LogP contribution in [0.25, 0.3) is 0 Å². The van der Waals surface area contributed by atoms with Gasteiger partial charge in [0.05, 0.1) is 16.3 Å². The zero-order valence-electron chi connectivity index (χ0n) is 12.3. The lowest BCUT2D eigenvalue weighted by Gasteiger charge is -2.40. The first-order chi connectivity index (χ1) is 9.25. The van der Waals surface area contributed by atoms with Gasteiger partial charge in [-0.15, -0.1) is 0 Å². The Bertz CT molecular complexity index is 596. The highest BCUT2D eigenvalue weighted by Crippen LogP contribution is 2.35. The van der Waals surface area contributed by atoms with Gasteiger partial charge in [-0.2, -0.15) is 0 Å². The smallest absolute Gasteiger partial charge is 0.240 e.